The van der Waals surface area contributed by atoms with Gasteiger partial charge in [-0.05, 0) is 32.6 Å². The second-order valence-corrected chi connectivity index (χ2v) is 7.93. The summed E-state index contributed by atoms with van der Waals surface area (Å²) in [5.74, 6) is 0.969. The smallest absolute Gasteiger partial charge is 0.282 e. The number of nitrogens with zero attached hydrogens (tertiary/aromatic N) is 3. The van der Waals surface area contributed by atoms with E-state index >= 15 is 0 Å². The number of hydrogen-bond donors (Lipinski definition) is 1. The van der Waals surface area contributed by atoms with Crippen molar-refractivity contribution in [2.75, 3.05) is 7.05 Å². The molecule has 1 unspecified atom stereocenters. The highest BCUT2D eigenvalue weighted by Gasteiger charge is 2.40. The van der Waals surface area contributed by atoms with Gasteiger partial charge in [0, 0.05) is 19.6 Å². The molecule has 0 bridgehead atoms. The molecule has 1 fully saturated rings. The van der Waals surface area contributed by atoms with Crippen LogP contribution in [0, 0.1) is 12.8 Å². The second kappa shape index (κ2) is 4.89. The van der Waals surface area contributed by atoms with Gasteiger partial charge in [0.05, 0.1) is 17.8 Å². The molecule has 21 heavy (non-hydrogen) atoms. The maximum Gasteiger partial charge on any atom is 0.282 e. The zero-order valence-corrected chi connectivity index (χ0v) is 13.3. The molecule has 7 nitrogen and oxygen atoms in total. The summed E-state index contributed by atoms with van der Waals surface area (Å²) in [6, 6.07) is -0.00769. The average molecular weight is 312 g/mol. The van der Waals surface area contributed by atoms with Crippen LogP contribution in [0.1, 0.15) is 36.8 Å². The summed E-state index contributed by atoms with van der Waals surface area (Å²) in [6.07, 6.45) is 2.17. The van der Waals surface area contributed by atoms with E-state index in [9.17, 15) is 13.2 Å². The van der Waals surface area contributed by atoms with Crippen LogP contribution < -0.4 is 5.56 Å². The van der Waals surface area contributed by atoms with Crippen molar-refractivity contribution in [3.8, 4) is 0 Å². The lowest BCUT2D eigenvalue weighted by atomic mass is 10.2. The number of aromatic amines is 1. The van der Waals surface area contributed by atoms with E-state index in [0.717, 1.165) is 12.8 Å². The molecule has 0 amide bonds. The Hall–Kier alpha value is -1.25. The van der Waals surface area contributed by atoms with Crippen LogP contribution in [0.4, 0.5) is 0 Å². The third-order valence-corrected chi connectivity index (χ3v) is 6.42. The van der Waals surface area contributed by atoms with E-state index in [0.29, 0.717) is 23.0 Å². The van der Waals surface area contributed by atoms with Crippen molar-refractivity contribution in [3.05, 3.63) is 27.4 Å². The molecule has 1 aromatic heterocycles. The van der Waals surface area contributed by atoms with Gasteiger partial charge >= 0.3 is 0 Å². The molecule has 1 aliphatic carbocycles. The molecular weight excluding hydrogens is 292 g/mol. The predicted octanol–water partition coefficient (Wildman–Crippen LogP) is 0.369. The quantitative estimate of drug-likeness (QED) is 0.870. The first-order valence-corrected chi connectivity index (χ1v) is 8.52. The predicted molar refractivity (Wildman–Crippen MR) is 77.7 cm³/mol. The SMILES string of the molecule is Cc1nc2c(c(=O)[nH]1)CN(S(=O)(=O)N(C)C(C)C1CC1)C2. The summed E-state index contributed by atoms with van der Waals surface area (Å²) < 4.78 is 28.1. The van der Waals surface area contributed by atoms with Gasteiger partial charge in [-0.25, -0.2) is 4.98 Å². The average Bonchev–Trinajstić information content (AvgIpc) is 3.16. The molecular formula is C13H20N4O3S. The Balaban J connectivity index is 1.86. The number of rotatable bonds is 4. The number of aryl methyl sites for hydroxylation is 1. The Labute approximate surface area is 124 Å². The highest BCUT2D eigenvalue weighted by Crippen LogP contribution is 2.36. The molecule has 1 aromatic rings. The van der Waals surface area contributed by atoms with Crippen molar-refractivity contribution in [2.45, 2.75) is 45.8 Å². The van der Waals surface area contributed by atoms with Crippen molar-refractivity contribution >= 4 is 10.2 Å². The monoisotopic (exact) mass is 312 g/mol. The second-order valence-electron chi connectivity index (χ2n) is 5.95. The van der Waals surface area contributed by atoms with Crippen molar-refractivity contribution in [3.63, 3.8) is 0 Å². The number of fused-ring (bicyclic) bond motifs is 1. The van der Waals surface area contributed by atoms with Crippen LogP contribution in [0.15, 0.2) is 4.79 Å². The van der Waals surface area contributed by atoms with E-state index in [4.69, 9.17) is 0 Å². The van der Waals surface area contributed by atoms with Gasteiger partial charge in [0.1, 0.15) is 5.82 Å². The Morgan fingerprint density at radius 1 is 1.38 bits per heavy atom. The summed E-state index contributed by atoms with van der Waals surface area (Å²) >= 11 is 0. The minimum Gasteiger partial charge on any atom is -0.310 e. The highest BCUT2D eigenvalue weighted by molar-refractivity contribution is 7.86. The third kappa shape index (κ3) is 2.51. The maximum absolute atomic E-state index is 12.7. The zero-order chi connectivity index (χ0) is 15.4. The summed E-state index contributed by atoms with van der Waals surface area (Å²) in [5.41, 5.74) is 0.775. The first-order chi connectivity index (χ1) is 9.80. The third-order valence-electron chi connectivity index (χ3n) is 4.45. The Morgan fingerprint density at radius 3 is 2.67 bits per heavy atom. The van der Waals surface area contributed by atoms with Crippen LogP contribution >= 0.6 is 0 Å². The van der Waals surface area contributed by atoms with Crippen molar-refractivity contribution in [1.82, 2.24) is 18.6 Å². The van der Waals surface area contributed by atoms with E-state index in [1.807, 2.05) is 6.92 Å². The zero-order valence-electron chi connectivity index (χ0n) is 12.5. The lowest BCUT2D eigenvalue weighted by Gasteiger charge is -2.28. The molecule has 1 saturated carbocycles. The first kappa shape index (κ1) is 14.7. The van der Waals surface area contributed by atoms with Gasteiger partial charge in [-0.2, -0.15) is 17.0 Å². The molecule has 0 radical (unpaired) electrons. The summed E-state index contributed by atoms with van der Waals surface area (Å²) in [5, 5.41) is 0. The number of nitrogens with one attached hydrogen (secondary N) is 1. The summed E-state index contributed by atoms with van der Waals surface area (Å²) in [6.45, 7) is 3.90. The molecule has 1 atom stereocenters. The van der Waals surface area contributed by atoms with Gasteiger partial charge in [-0.15, -0.1) is 0 Å². The van der Waals surface area contributed by atoms with E-state index in [-0.39, 0.29) is 24.7 Å². The number of hydrogen-bond acceptors (Lipinski definition) is 4. The van der Waals surface area contributed by atoms with E-state index in [1.165, 1.54) is 8.61 Å². The van der Waals surface area contributed by atoms with Gasteiger partial charge in [0.15, 0.2) is 0 Å². The fraction of sp³-hybridized carbons (Fsp3) is 0.692. The Kier molecular flexibility index (Phi) is 3.42. The first-order valence-electron chi connectivity index (χ1n) is 7.12. The minimum absolute atomic E-state index is 0.00769. The van der Waals surface area contributed by atoms with Crippen LogP contribution in [-0.2, 0) is 23.3 Å². The van der Waals surface area contributed by atoms with Crippen molar-refractivity contribution < 1.29 is 8.42 Å². The van der Waals surface area contributed by atoms with Gasteiger partial charge in [0.2, 0.25) is 0 Å². The van der Waals surface area contributed by atoms with Crippen molar-refractivity contribution in [2.24, 2.45) is 5.92 Å². The standard InChI is InChI=1S/C13H20N4O3S/c1-8(10-4-5-10)16(3)21(19,20)17-6-11-12(7-17)14-9(2)15-13(11)18/h8,10H,4-7H2,1-3H3,(H,14,15,18). The molecule has 1 N–H and O–H groups in total. The number of H-pyrrole nitrogens is 1. The Bertz CT molecular complexity index is 723. The lowest BCUT2D eigenvalue weighted by molar-refractivity contribution is 0.310. The molecule has 3 rings (SSSR count). The van der Waals surface area contributed by atoms with Crippen LogP contribution in [0.5, 0.6) is 0 Å². The van der Waals surface area contributed by atoms with E-state index < -0.39 is 10.2 Å². The normalized spacial score (nSPS) is 20.8. The van der Waals surface area contributed by atoms with Gasteiger partial charge < -0.3 is 4.98 Å². The summed E-state index contributed by atoms with van der Waals surface area (Å²) in [4.78, 5) is 18.8. The van der Waals surface area contributed by atoms with Crippen molar-refractivity contribution in [1.29, 1.82) is 0 Å². The van der Waals surface area contributed by atoms with E-state index in [2.05, 4.69) is 9.97 Å². The van der Waals surface area contributed by atoms with Gasteiger partial charge in [0.25, 0.3) is 15.8 Å². The van der Waals surface area contributed by atoms with Gasteiger partial charge in [-0.3, -0.25) is 4.79 Å². The molecule has 2 heterocycles. The molecule has 1 aliphatic heterocycles. The van der Waals surface area contributed by atoms with E-state index in [1.54, 1.807) is 14.0 Å². The fourth-order valence-corrected chi connectivity index (χ4v) is 4.33. The maximum atomic E-state index is 12.7. The number of aromatic nitrogens is 2. The van der Waals surface area contributed by atoms with Crippen LogP contribution in [0.25, 0.3) is 0 Å². The fourth-order valence-electron chi connectivity index (χ4n) is 2.79. The molecule has 8 heteroatoms. The minimum atomic E-state index is -3.57. The van der Waals surface area contributed by atoms with Gasteiger partial charge in [-0.1, -0.05) is 0 Å². The Morgan fingerprint density at radius 2 is 2.05 bits per heavy atom. The van der Waals surface area contributed by atoms with Crippen LogP contribution in [0.3, 0.4) is 0 Å². The van der Waals surface area contributed by atoms with Crippen LogP contribution in [-0.4, -0.2) is 40.1 Å². The molecule has 2 aliphatic rings. The summed E-state index contributed by atoms with van der Waals surface area (Å²) in [7, 11) is -1.95. The lowest BCUT2D eigenvalue weighted by Crippen LogP contribution is -2.44. The molecule has 0 saturated heterocycles. The highest BCUT2D eigenvalue weighted by atomic mass is 32.2. The molecule has 116 valence electrons. The molecule has 0 aromatic carbocycles. The van der Waals surface area contributed by atoms with Crippen LogP contribution in [0.2, 0.25) is 0 Å². The largest absolute Gasteiger partial charge is 0.310 e. The molecule has 0 spiro atoms. The topological polar surface area (TPSA) is 86.4 Å².